The van der Waals surface area contributed by atoms with E-state index < -0.39 is 8.07 Å². The molecule has 176 valence electrons. The number of Topliss-reactive ketones (excluding diaryl/α,β-unsaturated/α-hetero) is 1. The van der Waals surface area contributed by atoms with Crippen molar-refractivity contribution >= 4 is 19.6 Å². The van der Waals surface area contributed by atoms with Crippen LogP contribution in [0.2, 0.25) is 25.7 Å². The summed E-state index contributed by atoms with van der Waals surface area (Å²) >= 11 is 0. The van der Waals surface area contributed by atoms with Crippen molar-refractivity contribution in [3.63, 3.8) is 0 Å². The third-order valence-corrected chi connectivity index (χ3v) is 10.4. The molecule has 6 heteroatoms. The van der Waals surface area contributed by atoms with Crippen LogP contribution in [0, 0.1) is 16.7 Å². The number of ketones is 2. The Kier molecular flexibility index (Phi) is 5.94. The van der Waals surface area contributed by atoms with E-state index in [2.05, 4.69) is 45.0 Å². The lowest BCUT2D eigenvalue weighted by atomic mass is 9.43. The van der Waals surface area contributed by atoms with Crippen molar-refractivity contribution in [2.24, 2.45) is 16.7 Å². The molecule has 1 aromatic rings. The Morgan fingerprint density at radius 3 is 2.59 bits per heavy atom. The van der Waals surface area contributed by atoms with Gasteiger partial charge in [0.05, 0.1) is 5.41 Å². The van der Waals surface area contributed by atoms with Gasteiger partial charge in [-0.25, -0.2) is 4.98 Å². The molecule has 3 aliphatic rings. The average Bonchev–Trinajstić information content (AvgIpc) is 3.18. The molecular formula is C26H40N2O3Si. The van der Waals surface area contributed by atoms with Crippen LogP contribution in [-0.4, -0.2) is 35.8 Å². The maximum absolute atomic E-state index is 12.8. The van der Waals surface area contributed by atoms with Crippen molar-refractivity contribution in [2.75, 3.05) is 6.61 Å². The Labute approximate surface area is 194 Å². The van der Waals surface area contributed by atoms with Gasteiger partial charge in [0.2, 0.25) is 0 Å². The molecule has 2 fully saturated rings. The lowest BCUT2D eigenvalue weighted by Gasteiger charge is -2.60. The van der Waals surface area contributed by atoms with Gasteiger partial charge in [0.15, 0.2) is 5.78 Å². The number of hydrogen-bond acceptors (Lipinski definition) is 4. The molecular weight excluding hydrogens is 416 g/mol. The lowest BCUT2D eigenvalue weighted by Crippen LogP contribution is -2.56. The SMILES string of the molecule is CC1(C)C(=O)CC[C@]2(C)C3=CC(=O)CCC3(c3nccn3COCC[Si](C)(C)C)CCC12. The van der Waals surface area contributed by atoms with Crippen LogP contribution in [0.15, 0.2) is 24.0 Å². The van der Waals surface area contributed by atoms with Crippen molar-refractivity contribution in [2.45, 2.75) is 97.1 Å². The molecule has 1 aromatic heterocycles. The van der Waals surface area contributed by atoms with Gasteiger partial charge in [-0.2, -0.15) is 0 Å². The number of allylic oxidation sites excluding steroid dienone is 2. The Hall–Kier alpha value is -1.53. The second-order valence-corrected chi connectivity index (χ2v) is 17.9. The first-order valence-electron chi connectivity index (χ1n) is 12.3. The van der Waals surface area contributed by atoms with Crippen LogP contribution in [-0.2, 0) is 26.5 Å². The van der Waals surface area contributed by atoms with E-state index in [1.807, 2.05) is 18.5 Å². The summed E-state index contributed by atoms with van der Waals surface area (Å²) < 4.78 is 8.25. The number of imidazole rings is 1. The minimum atomic E-state index is -1.14. The highest BCUT2D eigenvalue weighted by atomic mass is 28.3. The summed E-state index contributed by atoms with van der Waals surface area (Å²) in [4.78, 5) is 30.3. The zero-order chi connectivity index (χ0) is 23.4. The highest BCUT2D eigenvalue weighted by Gasteiger charge is 2.61. The lowest BCUT2D eigenvalue weighted by molar-refractivity contribution is -0.141. The monoisotopic (exact) mass is 456 g/mol. The van der Waals surface area contributed by atoms with Crippen LogP contribution in [0.1, 0.15) is 65.1 Å². The molecule has 32 heavy (non-hydrogen) atoms. The van der Waals surface area contributed by atoms with Crippen LogP contribution in [0.25, 0.3) is 0 Å². The van der Waals surface area contributed by atoms with Crippen LogP contribution >= 0.6 is 0 Å². The molecule has 1 heterocycles. The highest BCUT2D eigenvalue weighted by Crippen LogP contribution is 2.65. The van der Waals surface area contributed by atoms with Gasteiger partial charge < -0.3 is 9.30 Å². The zero-order valence-corrected chi connectivity index (χ0v) is 21.8. The van der Waals surface area contributed by atoms with E-state index in [4.69, 9.17) is 9.72 Å². The summed E-state index contributed by atoms with van der Waals surface area (Å²) in [5, 5.41) is 0. The van der Waals surface area contributed by atoms with E-state index >= 15 is 0 Å². The molecule has 5 nitrogen and oxygen atoms in total. The number of carbonyl (C=O) groups excluding carboxylic acids is 2. The van der Waals surface area contributed by atoms with Crippen LogP contribution in [0.5, 0.6) is 0 Å². The van der Waals surface area contributed by atoms with E-state index in [0.29, 0.717) is 25.4 Å². The number of fused-ring (bicyclic) bond motifs is 3. The van der Waals surface area contributed by atoms with E-state index in [9.17, 15) is 9.59 Å². The minimum Gasteiger partial charge on any atom is -0.361 e. The predicted molar refractivity (Wildman–Crippen MR) is 129 cm³/mol. The minimum absolute atomic E-state index is 0.152. The third kappa shape index (κ3) is 3.87. The van der Waals surface area contributed by atoms with Crippen LogP contribution in [0.4, 0.5) is 0 Å². The summed E-state index contributed by atoms with van der Waals surface area (Å²) in [7, 11) is -1.14. The molecule has 3 aliphatic carbocycles. The highest BCUT2D eigenvalue weighted by molar-refractivity contribution is 6.76. The van der Waals surface area contributed by atoms with Crippen LogP contribution in [0.3, 0.4) is 0 Å². The smallest absolute Gasteiger partial charge is 0.155 e. The number of ether oxygens (including phenoxy) is 1. The predicted octanol–water partition coefficient (Wildman–Crippen LogP) is 5.53. The molecule has 4 rings (SSSR count). The fourth-order valence-corrected chi connectivity index (χ4v) is 7.54. The molecule has 0 aliphatic heterocycles. The van der Waals surface area contributed by atoms with Gasteiger partial charge in [0.25, 0.3) is 0 Å². The van der Waals surface area contributed by atoms with E-state index in [-0.39, 0.29) is 27.9 Å². The fraction of sp³-hybridized carbons (Fsp3) is 0.731. The molecule has 2 saturated carbocycles. The summed E-state index contributed by atoms with van der Waals surface area (Å²) in [5.74, 6) is 1.89. The zero-order valence-electron chi connectivity index (χ0n) is 20.8. The van der Waals surface area contributed by atoms with Crippen molar-refractivity contribution in [3.8, 4) is 0 Å². The van der Waals surface area contributed by atoms with Crippen molar-refractivity contribution in [1.82, 2.24) is 9.55 Å². The number of hydrogen-bond donors (Lipinski definition) is 0. The molecule has 0 amide bonds. The molecule has 0 aromatic carbocycles. The molecule has 2 unspecified atom stereocenters. The second kappa shape index (κ2) is 8.05. The van der Waals surface area contributed by atoms with E-state index in [1.165, 1.54) is 5.57 Å². The van der Waals surface area contributed by atoms with Crippen molar-refractivity contribution in [1.29, 1.82) is 0 Å². The first-order valence-corrected chi connectivity index (χ1v) is 16.0. The largest absolute Gasteiger partial charge is 0.361 e. The molecule has 3 atom stereocenters. The number of rotatable bonds is 6. The second-order valence-electron chi connectivity index (χ2n) is 12.3. The Morgan fingerprint density at radius 1 is 1.12 bits per heavy atom. The van der Waals surface area contributed by atoms with E-state index in [0.717, 1.165) is 44.2 Å². The van der Waals surface area contributed by atoms with Gasteiger partial charge in [-0.1, -0.05) is 40.4 Å². The first kappa shape index (κ1) is 23.6. The third-order valence-electron chi connectivity index (χ3n) is 8.69. The quantitative estimate of drug-likeness (QED) is 0.417. The van der Waals surface area contributed by atoms with Crippen molar-refractivity contribution in [3.05, 3.63) is 29.9 Å². The molecule has 0 N–H and O–H groups in total. The Balaban J connectivity index is 1.68. The van der Waals surface area contributed by atoms with E-state index in [1.54, 1.807) is 0 Å². The maximum atomic E-state index is 12.8. The van der Waals surface area contributed by atoms with Crippen molar-refractivity contribution < 1.29 is 14.3 Å². The Bertz CT molecular complexity index is 941. The van der Waals surface area contributed by atoms with Gasteiger partial charge in [-0.05, 0) is 54.7 Å². The number of aromatic nitrogens is 2. The standard InChI is InChI=1S/C26H40N2O3Si/c1-24(2)20-8-12-26(23-27-13-14-28(23)18-31-15-16-32(4,5)6)11-7-19(29)17-21(26)25(20,3)10-9-22(24)30/h13-14,17,20H,7-12,15-16,18H2,1-6H3/t20?,25-,26?/m0/s1. The summed E-state index contributed by atoms with van der Waals surface area (Å²) in [6, 6.07) is 1.14. The molecule has 0 saturated heterocycles. The topological polar surface area (TPSA) is 61.2 Å². The first-order chi connectivity index (χ1) is 14.9. The van der Waals surface area contributed by atoms with Gasteiger partial charge in [0.1, 0.15) is 18.3 Å². The Morgan fingerprint density at radius 2 is 1.88 bits per heavy atom. The van der Waals surface area contributed by atoms with Gasteiger partial charge in [-0.3, -0.25) is 9.59 Å². The molecule has 0 spiro atoms. The van der Waals surface area contributed by atoms with Gasteiger partial charge >= 0.3 is 0 Å². The van der Waals surface area contributed by atoms with Gasteiger partial charge in [0, 0.05) is 45.3 Å². The molecule has 0 radical (unpaired) electrons. The average molecular weight is 457 g/mol. The summed E-state index contributed by atoms with van der Waals surface area (Å²) in [6.45, 7) is 14.9. The van der Waals surface area contributed by atoms with Gasteiger partial charge in [-0.15, -0.1) is 0 Å². The van der Waals surface area contributed by atoms with Crippen LogP contribution < -0.4 is 0 Å². The fourth-order valence-electron chi connectivity index (χ4n) is 6.78. The summed E-state index contributed by atoms with van der Waals surface area (Å²) in [6.07, 6.45) is 10.6. The number of nitrogens with zero attached hydrogens (tertiary/aromatic N) is 2. The maximum Gasteiger partial charge on any atom is 0.155 e. The normalized spacial score (nSPS) is 32.3. The number of carbonyl (C=O) groups is 2. The summed E-state index contributed by atoms with van der Waals surface area (Å²) in [5.41, 5.74) is 0.492. The molecule has 0 bridgehead atoms.